The van der Waals surface area contributed by atoms with Gasteiger partial charge in [0, 0.05) is 5.69 Å². The largest absolute Gasteiger partial charge is 0.370 e. The zero-order valence-electron chi connectivity index (χ0n) is 11.5. The van der Waals surface area contributed by atoms with Gasteiger partial charge in [-0.25, -0.2) is 4.99 Å². The number of rotatable bonds is 4. The summed E-state index contributed by atoms with van der Waals surface area (Å²) < 4.78 is 0. The third-order valence-corrected chi connectivity index (χ3v) is 3.54. The van der Waals surface area contributed by atoms with Crippen molar-refractivity contribution in [2.24, 2.45) is 10.7 Å². The van der Waals surface area contributed by atoms with E-state index in [1.54, 1.807) is 11.3 Å². The first kappa shape index (κ1) is 16.8. The molecule has 108 valence electrons. The van der Waals surface area contributed by atoms with E-state index in [0.717, 1.165) is 22.1 Å². The van der Waals surface area contributed by atoms with E-state index in [9.17, 15) is 0 Å². The topological polar surface area (TPSA) is 76.2 Å². The number of hydrogen-bond acceptors (Lipinski definition) is 4. The van der Waals surface area contributed by atoms with Crippen LogP contribution >= 0.6 is 35.3 Å². The number of nitrogens with two attached hydrogens (primary N) is 1. The van der Waals surface area contributed by atoms with E-state index in [2.05, 4.69) is 27.4 Å². The van der Waals surface area contributed by atoms with Crippen LogP contribution in [0, 0.1) is 6.92 Å². The van der Waals surface area contributed by atoms with Crippen molar-refractivity contribution in [3.8, 4) is 0 Å². The molecular formula is C13H18IN5S. The Morgan fingerprint density at radius 1 is 1.35 bits per heavy atom. The first-order chi connectivity index (χ1) is 9.17. The van der Waals surface area contributed by atoms with Crippen LogP contribution in [0.1, 0.15) is 22.5 Å². The number of benzene rings is 1. The highest BCUT2D eigenvalue weighted by Crippen LogP contribution is 2.12. The zero-order valence-corrected chi connectivity index (χ0v) is 14.6. The summed E-state index contributed by atoms with van der Waals surface area (Å²) in [5, 5.41) is 13.1. The summed E-state index contributed by atoms with van der Waals surface area (Å²) in [7, 11) is 0. The smallest absolute Gasteiger partial charge is 0.193 e. The predicted molar refractivity (Wildman–Crippen MR) is 94.8 cm³/mol. The normalized spacial score (nSPS) is 11.0. The van der Waals surface area contributed by atoms with Crippen LogP contribution in [0.25, 0.3) is 0 Å². The van der Waals surface area contributed by atoms with Gasteiger partial charge < -0.3 is 11.1 Å². The maximum Gasteiger partial charge on any atom is 0.193 e. The first-order valence-electron chi connectivity index (χ1n) is 6.12. The molecule has 0 fully saturated rings. The molecule has 0 aliphatic rings. The molecule has 0 bridgehead atoms. The van der Waals surface area contributed by atoms with Crippen LogP contribution in [0.3, 0.4) is 0 Å². The third kappa shape index (κ3) is 5.04. The summed E-state index contributed by atoms with van der Waals surface area (Å²) >= 11 is 1.57. The molecule has 0 radical (unpaired) electrons. The van der Waals surface area contributed by atoms with Crippen LogP contribution in [-0.4, -0.2) is 16.2 Å². The molecule has 0 amide bonds. The SMILES string of the molecule is CCc1nnc(CN=C(N)Nc2cccc(C)c2)s1.I. The summed E-state index contributed by atoms with van der Waals surface area (Å²) in [5.74, 6) is 0.388. The van der Waals surface area contributed by atoms with Gasteiger partial charge in [-0.2, -0.15) is 0 Å². The highest BCUT2D eigenvalue weighted by molar-refractivity contribution is 14.0. The molecule has 0 saturated heterocycles. The molecule has 1 aromatic heterocycles. The van der Waals surface area contributed by atoms with Crippen molar-refractivity contribution < 1.29 is 0 Å². The Kier molecular flexibility index (Phi) is 6.86. The fourth-order valence-corrected chi connectivity index (χ4v) is 2.27. The summed E-state index contributed by atoms with van der Waals surface area (Å²) in [6.07, 6.45) is 0.901. The second kappa shape index (κ2) is 8.15. The van der Waals surface area contributed by atoms with Gasteiger partial charge in [0.15, 0.2) is 5.96 Å². The van der Waals surface area contributed by atoms with E-state index < -0.39 is 0 Å². The standard InChI is InChI=1S/C13H17N5S.HI/c1-3-11-17-18-12(19-11)8-15-13(14)16-10-6-4-5-9(2)7-10;/h4-7H,3,8H2,1-2H3,(H3,14,15,16);1H. The average Bonchev–Trinajstić information content (AvgIpc) is 2.84. The van der Waals surface area contributed by atoms with Crippen LogP contribution in [0.15, 0.2) is 29.3 Å². The number of aromatic nitrogens is 2. The number of aliphatic imine (C=N–C) groups is 1. The second-order valence-electron chi connectivity index (χ2n) is 4.14. The van der Waals surface area contributed by atoms with Gasteiger partial charge in [0.25, 0.3) is 0 Å². The molecule has 1 aromatic carbocycles. The van der Waals surface area contributed by atoms with Crippen LogP contribution < -0.4 is 11.1 Å². The number of nitrogens with zero attached hydrogens (tertiary/aromatic N) is 3. The van der Waals surface area contributed by atoms with Crippen molar-refractivity contribution >= 4 is 47.0 Å². The Morgan fingerprint density at radius 3 is 2.75 bits per heavy atom. The van der Waals surface area contributed by atoms with Crippen molar-refractivity contribution in [1.82, 2.24) is 10.2 Å². The molecule has 0 spiro atoms. The maximum atomic E-state index is 5.84. The lowest BCUT2D eigenvalue weighted by Crippen LogP contribution is -2.22. The lowest BCUT2D eigenvalue weighted by molar-refractivity contribution is 0.921. The van der Waals surface area contributed by atoms with Gasteiger partial charge in [0.1, 0.15) is 10.0 Å². The van der Waals surface area contributed by atoms with Crippen LogP contribution in [0.2, 0.25) is 0 Å². The number of anilines is 1. The minimum absolute atomic E-state index is 0. The average molecular weight is 403 g/mol. The van der Waals surface area contributed by atoms with Crippen molar-refractivity contribution in [3.63, 3.8) is 0 Å². The molecule has 2 aromatic rings. The lowest BCUT2D eigenvalue weighted by Gasteiger charge is -2.05. The van der Waals surface area contributed by atoms with E-state index >= 15 is 0 Å². The molecule has 5 nitrogen and oxygen atoms in total. The maximum absolute atomic E-state index is 5.84. The van der Waals surface area contributed by atoms with Crippen LogP contribution in [0.5, 0.6) is 0 Å². The summed E-state index contributed by atoms with van der Waals surface area (Å²) in [5.41, 5.74) is 7.95. The van der Waals surface area contributed by atoms with E-state index in [0.29, 0.717) is 12.5 Å². The molecule has 0 aliphatic heterocycles. The molecule has 0 saturated carbocycles. The lowest BCUT2D eigenvalue weighted by atomic mass is 10.2. The van der Waals surface area contributed by atoms with Gasteiger partial charge in [-0.05, 0) is 31.0 Å². The van der Waals surface area contributed by atoms with Crippen molar-refractivity contribution in [3.05, 3.63) is 39.8 Å². The van der Waals surface area contributed by atoms with Gasteiger partial charge in [0.2, 0.25) is 0 Å². The minimum atomic E-state index is 0. The minimum Gasteiger partial charge on any atom is -0.370 e. The Balaban J connectivity index is 0.00000200. The monoisotopic (exact) mass is 403 g/mol. The third-order valence-electron chi connectivity index (χ3n) is 2.49. The van der Waals surface area contributed by atoms with Gasteiger partial charge in [-0.3, -0.25) is 0 Å². The molecular weight excluding hydrogens is 385 g/mol. The summed E-state index contributed by atoms with van der Waals surface area (Å²) in [6.45, 7) is 4.55. The van der Waals surface area contributed by atoms with Gasteiger partial charge in [0.05, 0.1) is 6.54 Å². The number of guanidine groups is 1. The number of aryl methyl sites for hydroxylation is 2. The molecule has 3 N–H and O–H groups in total. The van der Waals surface area contributed by atoms with E-state index in [1.165, 1.54) is 5.56 Å². The predicted octanol–water partition coefficient (Wildman–Crippen LogP) is 2.95. The van der Waals surface area contributed by atoms with E-state index in [-0.39, 0.29) is 24.0 Å². The van der Waals surface area contributed by atoms with Crippen molar-refractivity contribution in [2.75, 3.05) is 5.32 Å². The molecule has 0 atom stereocenters. The molecule has 20 heavy (non-hydrogen) atoms. The zero-order chi connectivity index (χ0) is 13.7. The van der Waals surface area contributed by atoms with Crippen molar-refractivity contribution in [1.29, 1.82) is 0 Å². The second-order valence-corrected chi connectivity index (χ2v) is 5.29. The van der Waals surface area contributed by atoms with Crippen LogP contribution in [0.4, 0.5) is 5.69 Å². The number of nitrogens with one attached hydrogen (secondary N) is 1. The van der Waals surface area contributed by atoms with E-state index in [1.807, 2.05) is 31.2 Å². The fraction of sp³-hybridized carbons (Fsp3) is 0.308. The Labute approximate surface area is 139 Å². The molecule has 0 aliphatic carbocycles. The Bertz CT molecular complexity index is 582. The Hall–Kier alpha value is -1.22. The number of hydrogen-bond donors (Lipinski definition) is 2. The number of halogens is 1. The fourth-order valence-electron chi connectivity index (χ4n) is 1.56. The first-order valence-corrected chi connectivity index (χ1v) is 6.94. The quantitative estimate of drug-likeness (QED) is 0.468. The highest BCUT2D eigenvalue weighted by atomic mass is 127. The van der Waals surface area contributed by atoms with Crippen molar-refractivity contribution in [2.45, 2.75) is 26.8 Å². The highest BCUT2D eigenvalue weighted by Gasteiger charge is 2.02. The Morgan fingerprint density at radius 2 is 2.10 bits per heavy atom. The van der Waals surface area contributed by atoms with Gasteiger partial charge >= 0.3 is 0 Å². The van der Waals surface area contributed by atoms with E-state index in [4.69, 9.17) is 5.73 Å². The van der Waals surface area contributed by atoms with Crippen LogP contribution in [-0.2, 0) is 13.0 Å². The molecule has 0 unspecified atom stereocenters. The summed E-state index contributed by atoms with van der Waals surface area (Å²) in [4.78, 5) is 4.26. The van der Waals surface area contributed by atoms with Gasteiger partial charge in [-0.1, -0.05) is 30.4 Å². The molecule has 7 heteroatoms. The molecule has 2 rings (SSSR count). The molecule has 1 heterocycles. The van der Waals surface area contributed by atoms with Gasteiger partial charge in [-0.15, -0.1) is 34.2 Å². The summed E-state index contributed by atoms with van der Waals surface area (Å²) in [6, 6.07) is 7.98.